The molecule has 1 amide bonds. The fraction of sp³-hybridized carbons (Fsp3) is 0.231. The second kappa shape index (κ2) is 8.50. The minimum absolute atomic E-state index is 0.172. The van der Waals surface area contributed by atoms with Crippen molar-refractivity contribution in [1.82, 2.24) is 15.0 Å². The maximum atomic E-state index is 12.7. The van der Waals surface area contributed by atoms with Crippen molar-refractivity contribution in [2.24, 2.45) is 0 Å². The van der Waals surface area contributed by atoms with Crippen LogP contribution in [0.1, 0.15) is 31.7 Å². The highest BCUT2D eigenvalue weighted by Gasteiger charge is 2.32. The van der Waals surface area contributed by atoms with Crippen molar-refractivity contribution in [2.45, 2.75) is 39.2 Å². The molecule has 1 atom stereocenters. The van der Waals surface area contributed by atoms with E-state index in [4.69, 9.17) is 10.5 Å². The Bertz CT molecular complexity index is 1350. The number of carbonyl (C=O) groups excluding carboxylic acids is 1. The molecular weight excluding hydrogens is 414 g/mol. The van der Waals surface area contributed by atoms with Gasteiger partial charge in [0.2, 0.25) is 17.7 Å². The van der Waals surface area contributed by atoms with Crippen molar-refractivity contribution in [3.05, 3.63) is 66.5 Å². The first-order valence-corrected chi connectivity index (χ1v) is 11.1. The zero-order chi connectivity index (χ0) is 22.9. The van der Waals surface area contributed by atoms with E-state index in [0.717, 1.165) is 40.4 Å². The van der Waals surface area contributed by atoms with Gasteiger partial charge in [-0.15, -0.1) is 0 Å². The minimum atomic E-state index is 0.172. The summed E-state index contributed by atoms with van der Waals surface area (Å²) in [5.41, 5.74) is 9.05. The standard InChI is InChI=1S/C26H25N5O2/c1-3-17-10-12-23(32)31(17)22-8-4-6-19-18(22)11-9-16(2)24(19)33-25-20(7-5-14-28-25)21-13-15-29-26(27)30-21/h4-9,11,13-15,17H,3,10,12H2,1-2H3,(H2,27,29,30). The number of benzene rings is 2. The number of nitrogen functional groups attached to an aromatic ring is 1. The molecule has 3 heterocycles. The summed E-state index contributed by atoms with van der Waals surface area (Å²) in [6.45, 7) is 4.13. The predicted molar refractivity (Wildman–Crippen MR) is 129 cm³/mol. The molecule has 1 saturated heterocycles. The third-order valence-corrected chi connectivity index (χ3v) is 6.16. The summed E-state index contributed by atoms with van der Waals surface area (Å²) >= 11 is 0. The second-order valence-electron chi connectivity index (χ2n) is 8.21. The van der Waals surface area contributed by atoms with E-state index in [1.165, 1.54) is 0 Å². The number of rotatable bonds is 5. The predicted octanol–water partition coefficient (Wildman–Crippen LogP) is 5.28. The number of aryl methyl sites for hydroxylation is 1. The number of carbonyl (C=O) groups is 1. The van der Waals surface area contributed by atoms with E-state index in [0.29, 0.717) is 23.7 Å². The van der Waals surface area contributed by atoms with Crippen molar-refractivity contribution < 1.29 is 9.53 Å². The van der Waals surface area contributed by atoms with Gasteiger partial charge in [-0.2, -0.15) is 0 Å². The van der Waals surface area contributed by atoms with E-state index in [1.807, 2.05) is 48.2 Å². The molecule has 0 spiro atoms. The summed E-state index contributed by atoms with van der Waals surface area (Å²) < 4.78 is 6.43. The number of pyridine rings is 1. The fourth-order valence-corrected chi connectivity index (χ4v) is 4.52. The molecule has 166 valence electrons. The summed E-state index contributed by atoms with van der Waals surface area (Å²) in [6.07, 6.45) is 5.70. The van der Waals surface area contributed by atoms with E-state index in [1.54, 1.807) is 18.5 Å². The molecule has 1 aliphatic rings. The number of aromatic nitrogens is 3. The van der Waals surface area contributed by atoms with Gasteiger partial charge in [-0.3, -0.25) is 4.79 Å². The molecule has 2 aromatic carbocycles. The lowest BCUT2D eigenvalue weighted by atomic mass is 10.0. The molecular formula is C26H25N5O2. The lowest BCUT2D eigenvalue weighted by Crippen LogP contribution is -2.32. The van der Waals surface area contributed by atoms with E-state index < -0.39 is 0 Å². The Morgan fingerprint density at radius 3 is 2.76 bits per heavy atom. The lowest BCUT2D eigenvalue weighted by molar-refractivity contribution is -0.117. The smallest absolute Gasteiger partial charge is 0.228 e. The molecule has 0 aliphatic carbocycles. The van der Waals surface area contributed by atoms with Crippen LogP contribution < -0.4 is 15.4 Å². The first kappa shape index (κ1) is 20.9. The number of hydrogen-bond acceptors (Lipinski definition) is 6. The quantitative estimate of drug-likeness (QED) is 0.455. The Labute approximate surface area is 192 Å². The molecule has 4 aromatic rings. The number of anilines is 2. The highest BCUT2D eigenvalue weighted by Crippen LogP contribution is 2.41. The topological polar surface area (TPSA) is 94.2 Å². The first-order valence-electron chi connectivity index (χ1n) is 11.1. The van der Waals surface area contributed by atoms with Crippen LogP contribution in [0.4, 0.5) is 11.6 Å². The molecule has 2 aromatic heterocycles. The Balaban J connectivity index is 1.63. The average molecular weight is 440 g/mol. The van der Waals surface area contributed by atoms with Gasteiger partial charge < -0.3 is 15.4 Å². The number of nitrogens with two attached hydrogens (primary N) is 1. The van der Waals surface area contributed by atoms with Gasteiger partial charge in [0.1, 0.15) is 5.75 Å². The van der Waals surface area contributed by atoms with Crippen molar-refractivity contribution >= 4 is 28.3 Å². The van der Waals surface area contributed by atoms with Crippen LogP contribution >= 0.6 is 0 Å². The molecule has 2 N–H and O–H groups in total. The highest BCUT2D eigenvalue weighted by atomic mass is 16.5. The molecule has 5 rings (SSSR count). The van der Waals surface area contributed by atoms with E-state index in [-0.39, 0.29) is 17.9 Å². The second-order valence-corrected chi connectivity index (χ2v) is 8.21. The number of nitrogens with zero attached hydrogens (tertiary/aromatic N) is 4. The first-order chi connectivity index (χ1) is 16.1. The van der Waals surface area contributed by atoms with Gasteiger partial charge in [0.15, 0.2) is 0 Å². The third kappa shape index (κ3) is 3.75. The SMILES string of the molecule is CCC1CCC(=O)N1c1cccc2c(Oc3ncccc3-c3ccnc(N)n3)c(C)ccc12. The molecule has 0 radical (unpaired) electrons. The van der Waals surface area contributed by atoms with Gasteiger partial charge in [-0.1, -0.05) is 31.2 Å². The Hall–Kier alpha value is -4.00. The average Bonchev–Trinajstić information content (AvgIpc) is 3.21. The molecule has 7 heteroatoms. The third-order valence-electron chi connectivity index (χ3n) is 6.16. The van der Waals surface area contributed by atoms with Crippen LogP contribution in [0.3, 0.4) is 0 Å². The molecule has 1 unspecified atom stereocenters. The summed E-state index contributed by atoms with van der Waals surface area (Å²) in [4.78, 5) is 27.5. The van der Waals surface area contributed by atoms with Crippen molar-refractivity contribution in [3.8, 4) is 22.9 Å². The lowest BCUT2D eigenvalue weighted by Gasteiger charge is -2.26. The zero-order valence-electron chi connectivity index (χ0n) is 18.7. The fourth-order valence-electron chi connectivity index (χ4n) is 4.52. The van der Waals surface area contributed by atoms with Crippen LogP contribution in [0.25, 0.3) is 22.0 Å². The van der Waals surface area contributed by atoms with Gasteiger partial charge in [0, 0.05) is 35.6 Å². The molecule has 0 bridgehead atoms. The van der Waals surface area contributed by atoms with Gasteiger partial charge in [0.25, 0.3) is 0 Å². The highest BCUT2D eigenvalue weighted by molar-refractivity contribution is 6.07. The monoisotopic (exact) mass is 439 g/mol. The maximum absolute atomic E-state index is 12.7. The van der Waals surface area contributed by atoms with E-state index in [9.17, 15) is 4.79 Å². The Morgan fingerprint density at radius 1 is 1.06 bits per heavy atom. The summed E-state index contributed by atoms with van der Waals surface area (Å²) in [6, 6.07) is 15.8. The number of hydrogen-bond donors (Lipinski definition) is 1. The van der Waals surface area contributed by atoms with Crippen molar-refractivity contribution in [2.75, 3.05) is 10.6 Å². The zero-order valence-corrected chi connectivity index (χ0v) is 18.7. The molecule has 33 heavy (non-hydrogen) atoms. The van der Waals surface area contributed by atoms with Gasteiger partial charge in [-0.05, 0) is 49.6 Å². The van der Waals surface area contributed by atoms with E-state index >= 15 is 0 Å². The Morgan fingerprint density at radius 2 is 1.94 bits per heavy atom. The van der Waals surface area contributed by atoms with Gasteiger partial charge in [-0.25, -0.2) is 15.0 Å². The number of ether oxygens (including phenoxy) is 1. The van der Waals surface area contributed by atoms with Gasteiger partial charge in [0.05, 0.1) is 16.9 Å². The maximum Gasteiger partial charge on any atom is 0.228 e. The van der Waals surface area contributed by atoms with Crippen LogP contribution in [0, 0.1) is 6.92 Å². The summed E-state index contributed by atoms with van der Waals surface area (Å²) in [7, 11) is 0. The van der Waals surface area contributed by atoms with Crippen LogP contribution in [-0.4, -0.2) is 26.9 Å². The van der Waals surface area contributed by atoms with Crippen molar-refractivity contribution in [1.29, 1.82) is 0 Å². The molecule has 0 saturated carbocycles. The summed E-state index contributed by atoms with van der Waals surface area (Å²) in [5, 5.41) is 1.91. The van der Waals surface area contributed by atoms with Crippen LogP contribution in [0.15, 0.2) is 60.9 Å². The molecule has 7 nitrogen and oxygen atoms in total. The molecule has 1 fully saturated rings. The van der Waals surface area contributed by atoms with Gasteiger partial charge >= 0.3 is 0 Å². The van der Waals surface area contributed by atoms with Crippen LogP contribution in [0.2, 0.25) is 0 Å². The largest absolute Gasteiger partial charge is 0.437 e. The van der Waals surface area contributed by atoms with E-state index in [2.05, 4.69) is 27.9 Å². The summed E-state index contributed by atoms with van der Waals surface area (Å²) in [5.74, 6) is 1.50. The van der Waals surface area contributed by atoms with Crippen LogP contribution in [0.5, 0.6) is 11.6 Å². The number of fused-ring (bicyclic) bond motifs is 1. The van der Waals surface area contributed by atoms with Crippen LogP contribution in [-0.2, 0) is 4.79 Å². The van der Waals surface area contributed by atoms with Crippen molar-refractivity contribution in [3.63, 3.8) is 0 Å². The normalized spacial score (nSPS) is 15.9. The number of amides is 1. The minimum Gasteiger partial charge on any atom is -0.437 e. The molecule has 1 aliphatic heterocycles. The Kier molecular flexibility index (Phi) is 5.38.